The zero-order valence-corrected chi connectivity index (χ0v) is 16.2. The molecule has 2 aliphatic rings. The van der Waals surface area contributed by atoms with Gasteiger partial charge in [-0.25, -0.2) is 4.39 Å². The van der Waals surface area contributed by atoms with Crippen molar-refractivity contribution in [3.05, 3.63) is 68.4 Å². The molecule has 2 nitrogen and oxygen atoms in total. The second-order valence-electron chi connectivity index (χ2n) is 6.21. The molecular formula is C19H16Br2FNO. The van der Waals surface area contributed by atoms with E-state index in [0.717, 1.165) is 32.2 Å². The maximum absolute atomic E-state index is 14.6. The normalized spacial score (nSPS) is 24.2. The lowest BCUT2D eigenvalue weighted by Gasteiger charge is -2.38. The van der Waals surface area contributed by atoms with Crippen molar-refractivity contribution in [3.63, 3.8) is 0 Å². The summed E-state index contributed by atoms with van der Waals surface area (Å²) in [7, 11) is 1.67. The second-order valence-corrected chi connectivity index (χ2v) is 8.04. The van der Waals surface area contributed by atoms with E-state index in [1.807, 2.05) is 18.2 Å². The number of hydrogen-bond acceptors (Lipinski definition) is 2. The van der Waals surface area contributed by atoms with Gasteiger partial charge in [0.2, 0.25) is 0 Å². The van der Waals surface area contributed by atoms with Gasteiger partial charge in [-0.15, -0.1) is 0 Å². The van der Waals surface area contributed by atoms with Gasteiger partial charge in [-0.1, -0.05) is 44.0 Å². The Morgan fingerprint density at radius 2 is 1.92 bits per heavy atom. The third-order valence-electron chi connectivity index (χ3n) is 4.91. The fraction of sp³-hybridized carbons (Fsp3) is 0.263. The number of rotatable bonds is 2. The molecule has 24 heavy (non-hydrogen) atoms. The van der Waals surface area contributed by atoms with E-state index in [2.05, 4.69) is 55.4 Å². The highest BCUT2D eigenvalue weighted by atomic mass is 79.9. The van der Waals surface area contributed by atoms with Crippen molar-refractivity contribution in [3.8, 4) is 5.75 Å². The summed E-state index contributed by atoms with van der Waals surface area (Å²) in [5.74, 6) is 1.15. The van der Waals surface area contributed by atoms with E-state index in [1.165, 1.54) is 6.07 Å². The molecule has 1 N–H and O–H groups in total. The molecule has 0 unspecified atom stereocenters. The minimum absolute atomic E-state index is 0.000579. The van der Waals surface area contributed by atoms with Crippen LogP contribution in [0.1, 0.15) is 29.5 Å². The predicted octanol–water partition coefficient (Wildman–Crippen LogP) is 6.19. The summed E-state index contributed by atoms with van der Waals surface area (Å²) in [6.45, 7) is 0. The van der Waals surface area contributed by atoms with Crippen LogP contribution in [0.25, 0.3) is 0 Å². The number of allylic oxidation sites excluding steroid dienone is 2. The summed E-state index contributed by atoms with van der Waals surface area (Å²) >= 11 is 6.95. The van der Waals surface area contributed by atoms with Crippen molar-refractivity contribution < 1.29 is 9.13 Å². The lowest BCUT2D eigenvalue weighted by atomic mass is 9.77. The van der Waals surface area contributed by atoms with E-state index in [4.69, 9.17) is 4.74 Å². The van der Waals surface area contributed by atoms with E-state index >= 15 is 0 Å². The molecule has 3 atom stereocenters. The number of benzene rings is 2. The summed E-state index contributed by atoms with van der Waals surface area (Å²) in [5, 5.41) is 3.45. The van der Waals surface area contributed by atoms with Crippen LogP contribution >= 0.6 is 31.9 Å². The first-order chi connectivity index (χ1) is 11.6. The van der Waals surface area contributed by atoms with Gasteiger partial charge in [0, 0.05) is 20.4 Å². The monoisotopic (exact) mass is 451 g/mol. The fourth-order valence-electron chi connectivity index (χ4n) is 3.88. The Hall–Kier alpha value is -1.33. The highest BCUT2D eigenvalue weighted by molar-refractivity contribution is 9.10. The van der Waals surface area contributed by atoms with Crippen molar-refractivity contribution in [2.45, 2.75) is 18.4 Å². The SMILES string of the molecule is COc1ccc(Br)cc1[C@@H]1Nc2c(F)cc(Br)cc2[C@@H]2C=CC[C@@H]21. The summed E-state index contributed by atoms with van der Waals surface area (Å²) in [6, 6.07) is 9.51. The number of anilines is 1. The van der Waals surface area contributed by atoms with Crippen LogP contribution in [0.5, 0.6) is 5.75 Å². The molecule has 5 heteroatoms. The van der Waals surface area contributed by atoms with Crippen LogP contribution in [0.4, 0.5) is 10.1 Å². The maximum Gasteiger partial charge on any atom is 0.147 e. The van der Waals surface area contributed by atoms with E-state index in [-0.39, 0.29) is 17.8 Å². The largest absolute Gasteiger partial charge is 0.496 e. The Morgan fingerprint density at radius 1 is 1.12 bits per heavy atom. The third-order valence-corrected chi connectivity index (χ3v) is 5.86. The molecule has 4 rings (SSSR count). The summed E-state index contributed by atoms with van der Waals surface area (Å²) in [4.78, 5) is 0. The van der Waals surface area contributed by atoms with Gasteiger partial charge < -0.3 is 10.1 Å². The Balaban J connectivity index is 1.86. The molecule has 1 aliphatic heterocycles. The van der Waals surface area contributed by atoms with Gasteiger partial charge in [-0.3, -0.25) is 0 Å². The van der Waals surface area contributed by atoms with Crippen molar-refractivity contribution in [2.24, 2.45) is 5.92 Å². The minimum atomic E-state index is -0.225. The van der Waals surface area contributed by atoms with E-state index in [0.29, 0.717) is 11.6 Å². The number of nitrogens with one attached hydrogen (secondary N) is 1. The highest BCUT2D eigenvalue weighted by Crippen LogP contribution is 2.52. The second kappa shape index (κ2) is 6.19. The number of halogens is 3. The van der Waals surface area contributed by atoms with Crippen LogP contribution < -0.4 is 10.1 Å². The number of fused-ring (bicyclic) bond motifs is 3. The van der Waals surface area contributed by atoms with Crippen molar-refractivity contribution in [1.29, 1.82) is 0 Å². The molecule has 2 aromatic rings. The Labute approximate surface area is 157 Å². The first kappa shape index (κ1) is 16.2. The molecule has 124 valence electrons. The van der Waals surface area contributed by atoms with E-state index in [1.54, 1.807) is 7.11 Å². The summed E-state index contributed by atoms with van der Waals surface area (Å²) < 4.78 is 21.9. The Morgan fingerprint density at radius 3 is 2.71 bits per heavy atom. The van der Waals surface area contributed by atoms with Gasteiger partial charge >= 0.3 is 0 Å². The van der Waals surface area contributed by atoms with Crippen molar-refractivity contribution in [2.75, 3.05) is 12.4 Å². The molecule has 0 radical (unpaired) electrons. The standard InChI is InChI=1S/C19H16Br2FNO/c1-24-17-6-5-10(20)7-15(17)18-13-4-2-3-12(13)14-8-11(21)9-16(22)19(14)23-18/h2-3,5-9,12-13,18,23H,4H2,1H3/t12-,13+,18-/m1/s1. The zero-order chi connectivity index (χ0) is 16.8. The first-order valence-corrected chi connectivity index (χ1v) is 9.42. The van der Waals surface area contributed by atoms with Gasteiger partial charge in [-0.05, 0) is 48.2 Å². The van der Waals surface area contributed by atoms with Crippen LogP contribution in [0.3, 0.4) is 0 Å². The van der Waals surface area contributed by atoms with Gasteiger partial charge in [-0.2, -0.15) is 0 Å². The van der Waals surface area contributed by atoms with Crippen LogP contribution in [0, 0.1) is 11.7 Å². The lowest BCUT2D eigenvalue weighted by Crippen LogP contribution is -2.30. The van der Waals surface area contributed by atoms with Crippen LogP contribution in [-0.2, 0) is 0 Å². The average molecular weight is 453 g/mol. The molecule has 2 aromatic carbocycles. The molecule has 0 spiro atoms. The molecule has 0 bridgehead atoms. The molecule has 0 amide bonds. The minimum Gasteiger partial charge on any atom is -0.496 e. The Bertz CT molecular complexity index is 836. The smallest absolute Gasteiger partial charge is 0.147 e. The maximum atomic E-state index is 14.6. The molecule has 1 aliphatic carbocycles. The zero-order valence-electron chi connectivity index (χ0n) is 13.0. The molecular weight excluding hydrogens is 437 g/mol. The van der Waals surface area contributed by atoms with E-state index < -0.39 is 0 Å². The summed E-state index contributed by atoms with van der Waals surface area (Å²) in [5.41, 5.74) is 2.67. The number of methoxy groups -OCH3 is 1. The molecule has 0 fully saturated rings. The van der Waals surface area contributed by atoms with Crippen molar-refractivity contribution >= 4 is 37.5 Å². The molecule has 0 aromatic heterocycles. The van der Waals surface area contributed by atoms with Crippen LogP contribution in [0.15, 0.2) is 51.4 Å². The van der Waals surface area contributed by atoms with Crippen molar-refractivity contribution in [1.82, 2.24) is 0 Å². The quantitative estimate of drug-likeness (QED) is 0.548. The van der Waals surface area contributed by atoms with Crippen LogP contribution in [0.2, 0.25) is 0 Å². The average Bonchev–Trinajstić information content (AvgIpc) is 3.04. The third kappa shape index (κ3) is 2.58. The lowest BCUT2D eigenvalue weighted by molar-refractivity contribution is 0.379. The summed E-state index contributed by atoms with van der Waals surface area (Å²) in [6.07, 6.45) is 5.36. The molecule has 0 saturated carbocycles. The van der Waals surface area contributed by atoms with Gasteiger partial charge in [0.15, 0.2) is 0 Å². The molecule has 1 heterocycles. The van der Waals surface area contributed by atoms with Gasteiger partial charge in [0.25, 0.3) is 0 Å². The topological polar surface area (TPSA) is 21.3 Å². The van der Waals surface area contributed by atoms with Gasteiger partial charge in [0.1, 0.15) is 11.6 Å². The number of ether oxygens (including phenoxy) is 1. The first-order valence-electron chi connectivity index (χ1n) is 7.84. The number of hydrogen-bond donors (Lipinski definition) is 1. The fourth-order valence-corrected chi connectivity index (χ4v) is 4.70. The highest BCUT2D eigenvalue weighted by Gasteiger charge is 2.40. The Kier molecular flexibility index (Phi) is 4.17. The van der Waals surface area contributed by atoms with Gasteiger partial charge in [0.05, 0.1) is 18.8 Å². The van der Waals surface area contributed by atoms with E-state index in [9.17, 15) is 4.39 Å². The molecule has 0 saturated heterocycles. The van der Waals surface area contributed by atoms with Crippen LogP contribution in [-0.4, -0.2) is 7.11 Å². The predicted molar refractivity (Wildman–Crippen MR) is 101 cm³/mol.